The van der Waals surface area contributed by atoms with Gasteiger partial charge in [0.1, 0.15) is 5.82 Å². The van der Waals surface area contributed by atoms with Crippen molar-refractivity contribution in [2.75, 3.05) is 0 Å². The van der Waals surface area contributed by atoms with Gasteiger partial charge in [0.2, 0.25) is 0 Å². The maximum absolute atomic E-state index is 12.8. The normalized spacial score (nSPS) is 10.5. The van der Waals surface area contributed by atoms with E-state index in [1.54, 1.807) is 18.3 Å². The van der Waals surface area contributed by atoms with Crippen LogP contribution >= 0.6 is 0 Å². The topological polar surface area (TPSA) is 12.9 Å². The van der Waals surface area contributed by atoms with Crippen LogP contribution in [-0.4, -0.2) is 4.98 Å². The zero-order valence-electron chi connectivity index (χ0n) is 6.42. The van der Waals surface area contributed by atoms with Gasteiger partial charge in [0, 0.05) is 11.6 Å². The molecule has 0 N–H and O–H groups in total. The number of fused-ring (bicyclic) bond motifs is 1. The fourth-order valence-corrected chi connectivity index (χ4v) is 1.18. The maximum atomic E-state index is 12.8. The predicted octanol–water partition coefficient (Wildman–Crippen LogP) is 2.56. The third-order valence-corrected chi connectivity index (χ3v) is 1.79. The summed E-state index contributed by atoms with van der Waals surface area (Å²) in [7, 11) is 0. The van der Waals surface area contributed by atoms with Gasteiger partial charge in [-0.05, 0) is 36.8 Å². The smallest absolute Gasteiger partial charge is 0.123 e. The first-order valence-corrected chi connectivity index (χ1v) is 3.63. The standard InChI is InChI=1S/C10H7FN/c1-7-4-5-12-10-3-2-8(11)6-9(7)10/h2-6H,1H2. The number of halogens is 1. The molecule has 2 rings (SSSR count). The molecule has 1 nitrogen and oxygen atoms in total. The summed E-state index contributed by atoms with van der Waals surface area (Å²) in [6.45, 7) is 3.78. The number of hydrogen-bond donors (Lipinski definition) is 0. The van der Waals surface area contributed by atoms with Crippen LogP contribution in [0.5, 0.6) is 0 Å². The number of rotatable bonds is 0. The first-order valence-electron chi connectivity index (χ1n) is 3.63. The summed E-state index contributed by atoms with van der Waals surface area (Å²) in [6, 6.07) is 6.26. The number of nitrogens with zero attached hydrogens (tertiary/aromatic N) is 1. The van der Waals surface area contributed by atoms with Gasteiger partial charge in [-0.2, -0.15) is 0 Å². The first kappa shape index (κ1) is 7.22. The quantitative estimate of drug-likeness (QED) is 0.577. The lowest BCUT2D eigenvalue weighted by Gasteiger charge is -1.99. The molecule has 1 aromatic carbocycles. The molecular formula is C10H7FN. The van der Waals surface area contributed by atoms with Crippen LogP contribution < -0.4 is 0 Å². The van der Waals surface area contributed by atoms with Crippen molar-refractivity contribution in [2.24, 2.45) is 0 Å². The fourth-order valence-electron chi connectivity index (χ4n) is 1.18. The molecule has 1 heterocycles. The number of benzene rings is 1. The van der Waals surface area contributed by atoms with E-state index >= 15 is 0 Å². The lowest BCUT2D eigenvalue weighted by Crippen LogP contribution is -1.83. The van der Waals surface area contributed by atoms with E-state index in [9.17, 15) is 4.39 Å². The van der Waals surface area contributed by atoms with Crippen molar-refractivity contribution >= 4 is 10.9 Å². The molecule has 0 amide bonds. The Labute approximate surface area is 69.9 Å². The van der Waals surface area contributed by atoms with Gasteiger partial charge in [-0.25, -0.2) is 4.39 Å². The number of aromatic nitrogens is 1. The zero-order chi connectivity index (χ0) is 8.55. The lowest BCUT2D eigenvalue weighted by atomic mass is 10.1. The molecule has 0 spiro atoms. The minimum atomic E-state index is -0.250. The molecule has 0 fully saturated rings. The van der Waals surface area contributed by atoms with Crippen molar-refractivity contribution in [3.8, 4) is 0 Å². The zero-order valence-corrected chi connectivity index (χ0v) is 6.42. The summed E-state index contributed by atoms with van der Waals surface area (Å²) < 4.78 is 12.8. The molecule has 0 saturated heterocycles. The van der Waals surface area contributed by atoms with Crippen LogP contribution in [0.3, 0.4) is 0 Å². The van der Waals surface area contributed by atoms with Crippen molar-refractivity contribution in [3.63, 3.8) is 0 Å². The van der Waals surface area contributed by atoms with E-state index in [1.165, 1.54) is 12.1 Å². The Balaban J connectivity index is 2.88. The lowest BCUT2D eigenvalue weighted by molar-refractivity contribution is 0.629. The van der Waals surface area contributed by atoms with Gasteiger partial charge in [0.25, 0.3) is 0 Å². The Morgan fingerprint density at radius 3 is 2.92 bits per heavy atom. The summed E-state index contributed by atoms with van der Waals surface area (Å²) in [5, 5.41) is 0.775. The van der Waals surface area contributed by atoms with Crippen LogP contribution in [0.2, 0.25) is 0 Å². The monoisotopic (exact) mass is 160 g/mol. The van der Waals surface area contributed by atoms with Gasteiger partial charge in [-0.1, -0.05) is 0 Å². The molecule has 0 atom stereocenters. The first-order chi connectivity index (χ1) is 5.77. The minimum Gasteiger partial charge on any atom is -0.256 e. The minimum absolute atomic E-state index is 0.250. The number of hydrogen-bond acceptors (Lipinski definition) is 1. The van der Waals surface area contributed by atoms with Crippen molar-refractivity contribution in [1.82, 2.24) is 4.98 Å². The van der Waals surface area contributed by atoms with Crippen LogP contribution in [0.15, 0.2) is 30.5 Å². The van der Waals surface area contributed by atoms with Crippen LogP contribution in [0.25, 0.3) is 10.9 Å². The average molecular weight is 160 g/mol. The fraction of sp³-hybridized carbons (Fsp3) is 0. The average Bonchev–Trinajstić information content (AvgIpc) is 2.07. The van der Waals surface area contributed by atoms with Crippen LogP contribution in [-0.2, 0) is 0 Å². The Kier molecular flexibility index (Phi) is 1.54. The second kappa shape index (κ2) is 2.55. The predicted molar refractivity (Wildman–Crippen MR) is 46.2 cm³/mol. The molecule has 0 saturated carbocycles. The van der Waals surface area contributed by atoms with Crippen molar-refractivity contribution < 1.29 is 4.39 Å². The van der Waals surface area contributed by atoms with Gasteiger partial charge in [0.05, 0.1) is 5.52 Å². The summed E-state index contributed by atoms with van der Waals surface area (Å²) in [4.78, 5) is 4.08. The van der Waals surface area contributed by atoms with Gasteiger partial charge in [0.15, 0.2) is 0 Å². The van der Waals surface area contributed by atoms with Crippen molar-refractivity contribution in [3.05, 3.63) is 48.8 Å². The molecule has 0 aliphatic heterocycles. The van der Waals surface area contributed by atoms with Gasteiger partial charge in [-0.15, -0.1) is 0 Å². The van der Waals surface area contributed by atoms with E-state index in [2.05, 4.69) is 11.9 Å². The van der Waals surface area contributed by atoms with Gasteiger partial charge < -0.3 is 0 Å². The van der Waals surface area contributed by atoms with E-state index in [-0.39, 0.29) is 5.82 Å². The molecule has 2 aromatic rings. The van der Waals surface area contributed by atoms with E-state index in [1.807, 2.05) is 0 Å². The molecule has 0 aliphatic carbocycles. The second-order valence-electron chi connectivity index (χ2n) is 2.63. The molecular weight excluding hydrogens is 153 g/mol. The van der Waals surface area contributed by atoms with Crippen molar-refractivity contribution in [1.29, 1.82) is 0 Å². The molecule has 1 aromatic heterocycles. The highest BCUT2D eigenvalue weighted by atomic mass is 19.1. The van der Waals surface area contributed by atoms with E-state index in [0.29, 0.717) is 0 Å². The Bertz CT molecular complexity index is 423. The Morgan fingerprint density at radius 1 is 1.25 bits per heavy atom. The molecule has 59 valence electrons. The molecule has 1 radical (unpaired) electrons. The molecule has 0 bridgehead atoms. The third kappa shape index (κ3) is 1.05. The molecule has 12 heavy (non-hydrogen) atoms. The van der Waals surface area contributed by atoms with E-state index in [0.717, 1.165) is 16.5 Å². The highest BCUT2D eigenvalue weighted by Gasteiger charge is 1.98. The Hall–Kier alpha value is -1.44. The Morgan fingerprint density at radius 2 is 2.08 bits per heavy atom. The summed E-state index contributed by atoms with van der Waals surface area (Å²) in [5.41, 5.74) is 1.59. The number of pyridine rings is 1. The van der Waals surface area contributed by atoms with Gasteiger partial charge >= 0.3 is 0 Å². The van der Waals surface area contributed by atoms with Crippen LogP contribution in [0.4, 0.5) is 4.39 Å². The molecule has 0 aliphatic rings. The highest BCUT2D eigenvalue weighted by Crippen LogP contribution is 2.16. The van der Waals surface area contributed by atoms with Crippen LogP contribution in [0, 0.1) is 12.7 Å². The summed E-state index contributed by atoms with van der Waals surface area (Å²) >= 11 is 0. The molecule has 0 unspecified atom stereocenters. The third-order valence-electron chi connectivity index (χ3n) is 1.79. The van der Waals surface area contributed by atoms with E-state index < -0.39 is 0 Å². The van der Waals surface area contributed by atoms with E-state index in [4.69, 9.17) is 0 Å². The summed E-state index contributed by atoms with van der Waals surface area (Å²) in [5.74, 6) is -0.250. The van der Waals surface area contributed by atoms with Crippen molar-refractivity contribution in [2.45, 2.75) is 0 Å². The summed E-state index contributed by atoms with van der Waals surface area (Å²) in [6.07, 6.45) is 1.67. The van der Waals surface area contributed by atoms with Gasteiger partial charge in [-0.3, -0.25) is 4.98 Å². The SMILES string of the molecule is [CH2]c1ccnc2ccc(F)cc12. The largest absolute Gasteiger partial charge is 0.256 e. The highest BCUT2D eigenvalue weighted by molar-refractivity contribution is 5.82. The second-order valence-corrected chi connectivity index (χ2v) is 2.63. The maximum Gasteiger partial charge on any atom is 0.123 e. The molecule has 2 heteroatoms. The van der Waals surface area contributed by atoms with Crippen LogP contribution in [0.1, 0.15) is 5.56 Å².